The summed E-state index contributed by atoms with van der Waals surface area (Å²) in [4.78, 5) is 20.5. The smallest absolute Gasteiger partial charge is 0.264 e. The maximum absolute atomic E-state index is 12.3. The van der Waals surface area contributed by atoms with Crippen molar-refractivity contribution in [1.82, 2.24) is 20.9 Å². The van der Waals surface area contributed by atoms with Crippen molar-refractivity contribution in [3.8, 4) is 0 Å². The number of nitrogens with two attached hydrogens (primary N) is 1. The van der Waals surface area contributed by atoms with Gasteiger partial charge in [-0.1, -0.05) is 0 Å². The number of thioether (sulfide) groups is 1. The van der Waals surface area contributed by atoms with E-state index in [-0.39, 0.29) is 18.1 Å². The molecule has 3 heterocycles. The molecule has 7 nitrogen and oxygen atoms in total. The van der Waals surface area contributed by atoms with Crippen molar-refractivity contribution >= 4 is 23.5 Å². The first-order valence-corrected chi connectivity index (χ1v) is 7.79. The quantitative estimate of drug-likeness (QED) is 0.456. The van der Waals surface area contributed by atoms with E-state index < -0.39 is 0 Å². The van der Waals surface area contributed by atoms with Crippen LogP contribution in [0.5, 0.6) is 0 Å². The molecule has 0 aromatic carbocycles. The number of fused-ring (bicyclic) bond motifs is 1. The molecule has 21 heavy (non-hydrogen) atoms. The summed E-state index contributed by atoms with van der Waals surface area (Å²) < 4.78 is 0. The Hall–Kier alpha value is -1.93. The highest BCUT2D eigenvalue weighted by atomic mass is 32.2. The summed E-state index contributed by atoms with van der Waals surface area (Å²) in [6.45, 7) is 2.75. The second-order valence-electron chi connectivity index (χ2n) is 4.96. The second-order valence-corrected chi connectivity index (χ2v) is 6.09. The van der Waals surface area contributed by atoms with Crippen LogP contribution in [0, 0.1) is 0 Å². The Balaban J connectivity index is 1.88. The molecule has 112 valence electrons. The molecule has 8 heteroatoms. The van der Waals surface area contributed by atoms with E-state index in [1.807, 2.05) is 13.0 Å². The van der Waals surface area contributed by atoms with Gasteiger partial charge < -0.3 is 26.7 Å². The summed E-state index contributed by atoms with van der Waals surface area (Å²) in [5.41, 5.74) is 6.64. The van der Waals surface area contributed by atoms with Gasteiger partial charge >= 0.3 is 0 Å². The van der Waals surface area contributed by atoms with Gasteiger partial charge in [-0.2, -0.15) is 0 Å². The van der Waals surface area contributed by atoms with Crippen molar-refractivity contribution in [1.29, 1.82) is 0 Å². The summed E-state index contributed by atoms with van der Waals surface area (Å²) in [7, 11) is 0. The molecule has 2 aliphatic heterocycles. The van der Waals surface area contributed by atoms with E-state index in [4.69, 9.17) is 5.73 Å². The van der Waals surface area contributed by atoms with Crippen LogP contribution in [0.4, 0.5) is 0 Å². The van der Waals surface area contributed by atoms with E-state index in [1.165, 1.54) is 11.8 Å². The minimum Gasteiger partial charge on any atom is -0.389 e. The lowest BCUT2D eigenvalue weighted by Crippen LogP contribution is -2.53. The molecule has 0 unspecified atom stereocenters. The third-order valence-electron chi connectivity index (χ3n) is 3.25. The van der Waals surface area contributed by atoms with Crippen molar-refractivity contribution in [2.75, 3.05) is 12.3 Å². The van der Waals surface area contributed by atoms with Crippen LogP contribution in [0.2, 0.25) is 0 Å². The minimum atomic E-state index is -0.266. The molecule has 2 atom stereocenters. The lowest BCUT2D eigenvalue weighted by molar-refractivity contribution is -0.115. The predicted molar refractivity (Wildman–Crippen MR) is 82.2 cm³/mol. The Morgan fingerprint density at radius 2 is 2.48 bits per heavy atom. The number of carbonyl (C=O) groups excluding carboxylic acids is 1. The number of aromatic amines is 1. The lowest BCUT2D eigenvalue weighted by atomic mass is 10.2. The molecule has 1 aromatic heterocycles. The summed E-state index contributed by atoms with van der Waals surface area (Å²) >= 11 is 1.54. The van der Waals surface area contributed by atoms with Crippen molar-refractivity contribution in [3.05, 3.63) is 34.1 Å². The normalized spacial score (nSPS) is 22.1. The molecular weight excluding hydrogens is 288 g/mol. The van der Waals surface area contributed by atoms with Gasteiger partial charge in [-0.05, 0) is 13.0 Å². The first kappa shape index (κ1) is 14.0. The van der Waals surface area contributed by atoms with Gasteiger partial charge in [0, 0.05) is 30.7 Å². The highest BCUT2D eigenvalue weighted by Crippen LogP contribution is 2.17. The molecule has 0 saturated carbocycles. The standard InChI is InChI=1S/C13H18N6OS/c1-7(14)10-17-11-8(2-3-16-11)12(18-10)19-13(20)9-6-15-4-5-21-9/h2-3,6-7,10,15,18H,4-5,14H2,1H3,(H,16,17)(H,19,20)/t7-,10-/m0/s1. The Morgan fingerprint density at radius 1 is 1.62 bits per heavy atom. The molecule has 1 aromatic rings. The van der Waals surface area contributed by atoms with Crippen LogP contribution in [0.25, 0.3) is 5.82 Å². The van der Waals surface area contributed by atoms with Gasteiger partial charge in [-0.3, -0.25) is 4.79 Å². The Morgan fingerprint density at radius 3 is 3.19 bits per heavy atom. The average molecular weight is 306 g/mol. The molecule has 0 radical (unpaired) electrons. The largest absolute Gasteiger partial charge is 0.389 e. The van der Waals surface area contributed by atoms with Crippen molar-refractivity contribution in [2.24, 2.45) is 10.7 Å². The van der Waals surface area contributed by atoms with Crippen LogP contribution in [0.15, 0.2) is 28.4 Å². The Kier molecular flexibility index (Phi) is 3.89. The zero-order valence-corrected chi connectivity index (χ0v) is 12.5. The van der Waals surface area contributed by atoms with Gasteiger partial charge in [-0.15, -0.1) is 11.8 Å². The second kappa shape index (κ2) is 5.82. The summed E-state index contributed by atoms with van der Waals surface area (Å²) in [6.07, 6.45) is 3.28. The molecule has 2 aliphatic rings. The monoisotopic (exact) mass is 306 g/mol. The van der Waals surface area contributed by atoms with Crippen LogP contribution in [-0.2, 0) is 4.79 Å². The molecule has 0 fully saturated rings. The lowest BCUT2D eigenvalue weighted by Gasteiger charge is -2.24. The van der Waals surface area contributed by atoms with Crippen LogP contribution in [-0.4, -0.2) is 35.4 Å². The summed E-state index contributed by atoms with van der Waals surface area (Å²) in [5, 5.41) is 10.0. The number of H-pyrrole nitrogens is 1. The molecule has 1 amide bonds. The number of amides is 1. The molecule has 6 N–H and O–H groups in total. The zero-order chi connectivity index (χ0) is 14.8. The van der Waals surface area contributed by atoms with E-state index in [0.717, 1.165) is 23.0 Å². The van der Waals surface area contributed by atoms with Crippen LogP contribution >= 0.6 is 11.8 Å². The first-order valence-electron chi connectivity index (χ1n) is 6.80. The third kappa shape index (κ3) is 2.91. The number of carbonyl (C=O) groups is 1. The number of rotatable bonds is 3. The van der Waals surface area contributed by atoms with Crippen molar-refractivity contribution in [3.63, 3.8) is 0 Å². The molecule has 0 saturated heterocycles. The summed E-state index contributed by atoms with van der Waals surface area (Å²) in [6, 6.07) is 1.71. The number of hydrogen-bond acceptors (Lipinski definition) is 6. The molecular formula is C13H18N6OS. The SMILES string of the molecule is C[C@H](N)[C@H]1N=c2[nH]ccc2=C(NC(=O)C2=CNCCS2)N1. The highest BCUT2D eigenvalue weighted by molar-refractivity contribution is 8.04. The van der Waals surface area contributed by atoms with Crippen LogP contribution in [0.3, 0.4) is 0 Å². The van der Waals surface area contributed by atoms with E-state index in [0.29, 0.717) is 10.7 Å². The molecule has 0 bridgehead atoms. The Labute approximate surface area is 126 Å². The van der Waals surface area contributed by atoms with Crippen LogP contribution in [0.1, 0.15) is 6.92 Å². The maximum Gasteiger partial charge on any atom is 0.264 e. The first-order chi connectivity index (χ1) is 10.1. The van der Waals surface area contributed by atoms with E-state index >= 15 is 0 Å². The van der Waals surface area contributed by atoms with Gasteiger partial charge in [0.05, 0.1) is 10.1 Å². The number of aromatic nitrogens is 1. The summed E-state index contributed by atoms with van der Waals surface area (Å²) in [5.74, 6) is 1.39. The van der Waals surface area contributed by atoms with E-state index in [9.17, 15) is 4.79 Å². The van der Waals surface area contributed by atoms with Crippen LogP contribution < -0.4 is 32.4 Å². The minimum absolute atomic E-state index is 0.132. The fourth-order valence-corrected chi connectivity index (χ4v) is 2.94. The molecule has 0 aliphatic carbocycles. The molecule has 0 spiro atoms. The van der Waals surface area contributed by atoms with Crippen molar-refractivity contribution < 1.29 is 4.79 Å². The Bertz CT molecular complexity index is 692. The van der Waals surface area contributed by atoms with Crippen molar-refractivity contribution in [2.45, 2.75) is 19.1 Å². The van der Waals surface area contributed by atoms with Gasteiger partial charge in [-0.25, -0.2) is 4.99 Å². The maximum atomic E-state index is 12.3. The fraction of sp³-hybridized carbons (Fsp3) is 0.385. The third-order valence-corrected chi connectivity index (χ3v) is 4.27. The highest BCUT2D eigenvalue weighted by Gasteiger charge is 2.21. The van der Waals surface area contributed by atoms with Gasteiger partial charge in [0.2, 0.25) is 0 Å². The number of nitrogens with one attached hydrogen (secondary N) is 4. The van der Waals surface area contributed by atoms with Gasteiger partial charge in [0.25, 0.3) is 5.91 Å². The van der Waals surface area contributed by atoms with E-state index in [1.54, 1.807) is 12.4 Å². The topological polar surface area (TPSA) is 107 Å². The van der Waals surface area contributed by atoms with Gasteiger partial charge in [0.15, 0.2) is 0 Å². The zero-order valence-electron chi connectivity index (χ0n) is 11.6. The predicted octanol–water partition coefficient (Wildman–Crippen LogP) is -1.73. The number of hydrogen-bond donors (Lipinski definition) is 5. The van der Waals surface area contributed by atoms with Gasteiger partial charge in [0.1, 0.15) is 17.5 Å². The molecule has 3 rings (SSSR count). The number of nitrogens with zero attached hydrogens (tertiary/aromatic N) is 1. The fourth-order valence-electron chi connectivity index (χ4n) is 2.15. The van der Waals surface area contributed by atoms with E-state index in [2.05, 4.69) is 25.9 Å². The average Bonchev–Trinajstić information content (AvgIpc) is 2.96.